The van der Waals surface area contributed by atoms with Crippen molar-refractivity contribution in [2.45, 2.75) is 27.3 Å². The average molecular weight is 478 g/mol. The first-order chi connectivity index (χ1) is 16.2. The second-order valence-electron chi connectivity index (χ2n) is 8.35. The van der Waals surface area contributed by atoms with Crippen molar-refractivity contribution in [2.75, 3.05) is 18.1 Å². The number of nitrogens with zero attached hydrogens (tertiary/aromatic N) is 4. The Balaban J connectivity index is 1.84. The Morgan fingerprint density at radius 1 is 0.971 bits per heavy atom. The average Bonchev–Trinajstić information content (AvgIpc) is 2.78. The van der Waals surface area contributed by atoms with E-state index in [1.807, 2.05) is 50.2 Å². The second-order valence-corrected chi connectivity index (χ2v) is 10.6. The number of rotatable bonds is 7. The second kappa shape index (κ2) is 9.44. The number of pyridine rings is 2. The lowest BCUT2D eigenvalue weighted by atomic mass is 9.97. The predicted molar refractivity (Wildman–Crippen MR) is 134 cm³/mol. The van der Waals surface area contributed by atoms with Gasteiger partial charge in [-0.05, 0) is 56.2 Å². The summed E-state index contributed by atoms with van der Waals surface area (Å²) in [7, 11) is -3.39. The molecule has 0 aliphatic heterocycles. The lowest BCUT2D eigenvalue weighted by Crippen LogP contribution is -2.28. The molecule has 0 radical (unpaired) electrons. The van der Waals surface area contributed by atoms with E-state index in [2.05, 4.69) is 15.0 Å². The van der Waals surface area contributed by atoms with Gasteiger partial charge in [-0.1, -0.05) is 18.2 Å². The molecule has 0 atom stereocenters. The molecule has 0 aliphatic rings. The smallest absolute Gasteiger partial charge is 0.260 e. The summed E-state index contributed by atoms with van der Waals surface area (Å²) in [6.45, 7) is 5.65. The van der Waals surface area contributed by atoms with Crippen LogP contribution in [-0.2, 0) is 16.4 Å². The SMILES string of the molecule is Cc1cccc(-c2ccc(-c3cc4cnc(C)nc4n(CCS(=O)(=O)CCN)c3=O)c(C)c2)n1. The number of nitrogens with two attached hydrogens (primary N) is 1. The monoisotopic (exact) mass is 477 g/mol. The van der Waals surface area contributed by atoms with E-state index in [9.17, 15) is 13.2 Å². The van der Waals surface area contributed by atoms with Crippen LogP contribution in [0, 0.1) is 20.8 Å². The van der Waals surface area contributed by atoms with E-state index in [-0.39, 0.29) is 30.2 Å². The Kier molecular flexibility index (Phi) is 6.58. The van der Waals surface area contributed by atoms with E-state index in [0.717, 1.165) is 28.1 Å². The molecule has 3 aromatic heterocycles. The van der Waals surface area contributed by atoms with Crippen LogP contribution >= 0.6 is 0 Å². The highest BCUT2D eigenvalue weighted by molar-refractivity contribution is 7.91. The minimum absolute atomic E-state index is 0.00764. The van der Waals surface area contributed by atoms with Gasteiger partial charge in [0, 0.05) is 41.5 Å². The number of hydrogen-bond acceptors (Lipinski definition) is 7. The number of aromatic nitrogens is 4. The van der Waals surface area contributed by atoms with Gasteiger partial charge in [0.15, 0.2) is 9.84 Å². The molecule has 9 heteroatoms. The Hall–Kier alpha value is -3.43. The maximum Gasteiger partial charge on any atom is 0.260 e. The van der Waals surface area contributed by atoms with Gasteiger partial charge in [-0.3, -0.25) is 14.3 Å². The van der Waals surface area contributed by atoms with Crippen molar-refractivity contribution in [1.82, 2.24) is 19.5 Å². The van der Waals surface area contributed by atoms with Crippen LogP contribution in [0.5, 0.6) is 0 Å². The first kappa shape index (κ1) is 23.7. The van der Waals surface area contributed by atoms with Gasteiger partial charge >= 0.3 is 0 Å². The van der Waals surface area contributed by atoms with E-state index in [1.54, 1.807) is 19.2 Å². The van der Waals surface area contributed by atoms with Crippen LogP contribution in [0.25, 0.3) is 33.4 Å². The minimum Gasteiger partial charge on any atom is -0.329 e. The third-order valence-electron chi connectivity index (χ3n) is 5.70. The van der Waals surface area contributed by atoms with Gasteiger partial charge in [0.25, 0.3) is 5.56 Å². The summed E-state index contributed by atoms with van der Waals surface area (Å²) in [5, 5.41) is 0.667. The summed E-state index contributed by atoms with van der Waals surface area (Å²) in [6.07, 6.45) is 1.66. The molecule has 4 rings (SSSR count). The van der Waals surface area contributed by atoms with Crippen molar-refractivity contribution in [2.24, 2.45) is 5.73 Å². The van der Waals surface area contributed by atoms with E-state index in [0.29, 0.717) is 22.4 Å². The molecule has 0 fully saturated rings. The Morgan fingerprint density at radius 3 is 2.47 bits per heavy atom. The Morgan fingerprint density at radius 2 is 1.76 bits per heavy atom. The zero-order valence-corrected chi connectivity index (χ0v) is 20.3. The highest BCUT2D eigenvalue weighted by Gasteiger charge is 2.17. The number of sulfone groups is 1. The summed E-state index contributed by atoms with van der Waals surface area (Å²) < 4.78 is 26.0. The van der Waals surface area contributed by atoms with Gasteiger partial charge in [0.05, 0.1) is 17.2 Å². The van der Waals surface area contributed by atoms with Gasteiger partial charge < -0.3 is 5.73 Å². The fraction of sp³-hybridized carbons (Fsp3) is 0.280. The number of hydrogen-bond donors (Lipinski definition) is 1. The van der Waals surface area contributed by atoms with Crippen LogP contribution in [0.15, 0.2) is 53.5 Å². The van der Waals surface area contributed by atoms with Crippen LogP contribution in [0.4, 0.5) is 0 Å². The lowest BCUT2D eigenvalue weighted by molar-refractivity contribution is 0.588. The molecule has 0 saturated carbocycles. The Labute approximate surface area is 198 Å². The largest absolute Gasteiger partial charge is 0.329 e. The molecule has 8 nitrogen and oxygen atoms in total. The molecule has 0 saturated heterocycles. The van der Waals surface area contributed by atoms with Crippen LogP contribution < -0.4 is 11.3 Å². The molecule has 1 aromatic carbocycles. The van der Waals surface area contributed by atoms with Crippen molar-refractivity contribution < 1.29 is 8.42 Å². The quantitative estimate of drug-likeness (QED) is 0.434. The molecule has 4 aromatic rings. The lowest BCUT2D eigenvalue weighted by Gasteiger charge is -2.14. The third kappa shape index (κ3) is 4.90. The summed E-state index contributed by atoms with van der Waals surface area (Å²) in [5.41, 5.74) is 10.4. The molecule has 2 N–H and O–H groups in total. The van der Waals surface area contributed by atoms with E-state index in [1.165, 1.54) is 4.57 Å². The molecule has 176 valence electrons. The molecule has 0 amide bonds. The van der Waals surface area contributed by atoms with Crippen LogP contribution in [0.1, 0.15) is 17.1 Å². The van der Waals surface area contributed by atoms with Gasteiger partial charge in [0.2, 0.25) is 0 Å². The molecular weight excluding hydrogens is 450 g/mol. The maximum absolute atomic E-state index is 13.6. The van der Waals surface area contributed by atoms with Crippen molar-refractivity contribution in [3.63, 3.8) is 0 Å². The van der Waals surface area contributed by atoms with Crippen LogP contribution in [0.3, 0.4) is 0 Å². The summed E-state index contributed by atoms with van der Waals surface area (Å²) in [6, 6.07) is 13.5. The maximum atomic E-state index is 13.6. The van der Waals surface area contributed by atoms with E-state index in [4.69, 9.17) is 5.73 Å². The first-order valence-electron chi connectivity index (χ1n) is 11.0. The van der Waals surface area contributed by atoms with Crippen molar-refractivity contribution in [3.8, 4) is 22.4 Å². The number of fused-ring (bicyclic) bond motifs is 1. The molecule has 0 bridgehead atoms. The molecule has 0 unspecified atom stereocenters. The number of benzene rings is 1. The van der Waals surface area contributed by atoms with Crippen LogP contribution in [0.2, 0.25) is 0 Å². The zero-order valence-electron chi connectivity index (χ0n) is 19.4. The van der Waals surface area contributed by atoms with E-state index >= 15 is 0 Å². The fourth-order valence-corrected chi connectivity index (χ4v) is 5.01. The number of aryl methyl sites for hydroxylation is 4. The minimum atomic E-state index is -3.39. The zero-order chi connectivity index (χ0) is 24.5. The normalized spacial score (nSPS) is 11.8. The standard InChI is InChI=1S/C25H27N5O3S/c1-16-13-19(23-6-4-5-17(2)28-23)7-8-21(16)22-14-20-15-27-18(3)29-24(20)30(25(22)31)10-12-34(32,33)11-9-26/h4-8,13-15H,9-12,26H2,1-3H3. The molecular formula is C25H27N5O3S. The van der Waals surface area contributed by atoms with Crippen molar-refractivity contribution in [1.29, 1.82) is 0 Å². The summed E-state index contributed by atoms with van der Waals surface area (Å²) in [5.74, 6) is 0.188. The predicted octanol–water partition coefficient (Wildman–Crippen LogP) is 2.82. The van der Waals surface area contributed by atoms with Gasteiger partial charge in [0.1, 0.15) is 11.5 Å². The van der Waals surface area contributed by atoms with E-state index < -0.39 is 9.84 Å². The highest BCUT2D eigenvalue weighted by Crippen LogP contribution is 2.28. The first-order valence-corrected chi connectivity index (χ1v) is 12.8. The van der Waals surface area contributed by atoms with Crippen LogP contribution in [-0.4, -0.2) is 46.0 Å². The van der Waals surface area contributed by atoms with Crippen molar-refractivity contribution in [3.05, 3.63) is 76.1 Å². The highest BCUT2D eigenvalue weighted by atomic mass is 32.2. The molecule has 0 aliphatic carbocycles. The molecule has 34 heavy (non-hydrogen) atoms. The van der Waals surface area contributed by atoms with Gasteiger partial charge in [-0.15, -0.1) is 0 Å². The third-order valence-corrected chi connectivity index (χ3v) is 7.37. The summed E-state index contributed by atoms with van der Waals surface area (Å²) in [4.78, 5) is 26.9. The fourth-order valence-electron chi connectivity index (χ4n) is 3.99. The topological polar surface area (TPSA) is 121 Å². The molecule has 0 spiro atoms. The van der Waals surface area contributed by atoms with Crippen molar-refractivity contribution >= 4 is 20.9 Å². The molecule has 3 heterocycles. The summed E-state index contributed by atoms with van der Waals surface area (Å²) >= 11 is 0. The van der Waals surface area contributed by atoms with Gasteiger partial charge in [-0.25, -0.2) is 18.4 Å². The Bertz CT molecular complexity index is 1540. The van der Waals surface area contributed by atoms with Gasteiger partial charge in [-0.2, -0.15) is 0 Å².